The van der Waals surface area contributed by atoms with E-state index in [0.717, 1.165) is 5.56 Å². The Morgan fingerprint density at radius 2 is 2.10 bits per heavy atom. The molecule has 0 heterocycles. The van der Waals surface area contributed by atoms with Crippen LogP contribution in [-0.2, 0) is 4.74 Å². The van der Waals surface area contributed by atoms with E-state index >= 15 is 0 Å². The third kappa shape index (κ3) is 5.78. The first kappa shape index (κ1) is 16.9. The zero-order valence-corrected chi connectivity index (χ0v) is 12.7. The van der Waals surface area contributed by atoms with E-state index in [-0.39, 0.29) is 11.7 Å². The van der Waals surface area contributed by atoms with Crippen molar-refractivity contribution in [2.45, 2.75) is 45.8 Å². The van der Waals surface area contributed by atoms with Gasteiger partial charge in [0, 0.05) is 12.1 Å². The van der Waals surface area contributed by atoms with Crippen LogP contribution in [0.5, 0.6) is 0 Å². The summed E-state index contributed by atoms with van der Waals surface area (Å²) in [6.45, 7) is 7.21. The van der Waals surface area contributed by atoms with E-state index in [1.54, 1.807) is 32.9 Å². The SMILES string of the molecule is CCC(NNC(=O)OC(C)(C)C)c1cccc([N+](=O)[O-])c1. The maximum absolute atomic E-state index is 11.6. The highest BCUT2D eigenvalue weighted by atomic mass is 16.6. The first-order valence-corrected chi connectivity index (χ1v) is 6.72. The van der Waals surface area contributed by atoms with Gasteiger partial charge in [-0.3, -0.25) is 15.5 Å². The standard InChI is InChI=1S/C14H21N3O4/c1-5-12(15-16-13(18)21-14(2,3)4)10-7-6-8-11(9-10)17(19)20/h6-9,12,15H,5H2,1-4H3,(H,16,18). The van der Waals surface area contributed by atoms with Gasteiger partial charge in [0.25, 0.3) is 5.69 Å². The van der Waals surface area contributed by atoms with Crippen LogP contribution in [0.1, 0.15) is 45.7 Å². The molecule has 0 saturated heterocycles. The van der Waals surface area contributed by atoms with Gasteiger partial charge in [0.05, 0.1) is 11.0 Å². The minimum atomic E-state index is -0.591. The lowest BCUT2D eigenvalue weighted by Crippen LogP contribution is -2.42. The van der Waals surface area contributed by atoms with Crippen molar-refractivity contribution in [3.8, 4) is 0 Å². The summed E-state index contributed by atoms with van der Waals surface area (Å²) >= 11 is 0. The molecule has 1 aromatic carbocycles. The molecule has 0 aliphatic heterocycles. The molecule has 0 aromatic heterocycles. The molecule has 0 fully saturated rings. The molecular weight excluding hydrogens is 274 g/mol. The molecule has 116 valence electrons. The first-order valence-electron chi connectivity index (χ1n) is 6.72. The van der Waals surface area contributed by atoms with Gasteiger partial charge >= 0.3 is 6.09 Å². The van der Waals surface area contributed by atoms with Crippen molar-refractivity contribution < 1.29 is 14.5 Å². The summed E-state index contributed by atoms with van der Waals surface area (Å²) in [6.07, 6.45) is 0.0585. The van der Waals surface area contributed by atoms with Crippen LogP contribution in [0.3, 0.4) is 0 Å². The number of hydrogen-bond acceptors (Lipinski definition) is 5. The highest BCUT2D eigenvalue weighted by Crippen LogP contribution is 2.21. The van der Waals surface area contributed by atoms with Crippen molar-refractivity contribution in [3.63, 3.8) is 0 Å². The van der Waals surface area contributed by atoms with E-state index < -0.39 is 16.6 Å². The molecular formula is C14H21N3O4. The third-order valence-electron chi connectivity index (χ3n) is 2.64. The van der Waals surface area contributed by atoms with E-state index in [4.69, 9.17) is 4.74 Å². The van der Waals surface area contributed by atoms with Crippen LogP contribution in [0, 0.1) is 10.1 Å². The molecule has 0 saturated carbocycles. The average molecular weight is 295 g/mol. The lowest BCUT2D eigenvalue weighted by atomic mass is 10.0. The second-order valence-electron chi connectivity index (χ2n) is 5.58. The van der Waals surface area contributed by atoms with Gasteiger partial charge in [-0.1, -0.05) is 19.1 Å². The molecule has 1 rings (SSSR count). The Hall–Kier alpha value is -2.15. The van der Waals surface area contributed by atoms with Gasteiger partial charge in [-0.25, -0.2) is 10.2 Å². The minimum absolute atomic E-state index is 0.0185. The third-order valence-corrected chi connectivity index (χ3v) is 2.64. The Morgan fingerprint density at radius 3 is 2.62 bits per heavy atom. The van der Waals surface area contributed by atoms with Crippen molar-refractivity contribution in [2.24, 2.45) is 0 Å². The number of benzene rings is 1. The van der Waals surface area contributed by atoms with Crippen LogP contribution < -0.4 is 10.9 Å². The lowest BCUT2D eigenvalue weighted by molar-refractivity contribution is -0.384. The van der Waals surface area contributed by atoms with E-state index in [0.29, 0.717) is 6.42 Å². The largest absolute Gasteiger partial charge is 0.443 e. The highest BCUT2D eigenvalue weighted by molar-refractivity contribution is 5.67. The van der Waals surface area contributed by atoms with Gasteiger partial charge in [-0.15, -0.1) is 0 Å². The van der Waals surface area contributed by atoms with E-state index in [9.17, 15) is 14.9 Å². The van der Waals surface area contributed by atoms with E-state index in [1.165, 1.54) is 12.1 Å². The maximum Gasteiger partial charge on any atom is 0.422 e. The van der Waals surface area contributed by atoms with Crippen molar-refractivity contribution in [1.82, 2.24) is 10.9 Å². The zero-order chi connectivity index (χ0) is 16.0. The predicted molar refractivity (Wildman–Crippen MR) is 78.6 cm³/mol. The summed E-state index contributed by atoms with van der Waals surface area (Å²) in [5.74, 6) is 0. The number of amides is 1. The van der Waals surface area contributed by atoms with E-state index in [2.05, 4.69) is 10.9 Å². The van der Waals surface area contributed by atoms with Crippen LogP contribution in [0.4, 0.5) is 10.5 Å². The molecule has 1 amide bonds. The number of carbonyl (C=O) groups excluding carboxylic acids is 1. The summed E-state index contributed by atoms with van der Waals surface area (Å²) in [4.78, 5) is 21.9. The molecule has 1 atom stereocenters. The van der Waals surface area contributed by atoms with Gasteiger partial charge in [0.2, 0.25) is 0 Å². The number of ether oxygens (including phenoxy) is 1. The summed E-state index contributed by atoms with van der Waals surface area (Å²) in [6, 6.07) is 6.06. The number of nitro benzene ring substituents is 1. The van der Waals surface area contributed by atoms with Crippen LogP contribution in [0.15, 0.2) is 24.3 Å². The van der Waals surface area contributed by atoms with Gasteiger partial charge in [0.1, 0.15) is 5.60 Å². The Labute approximate surface area is 123 Å². The Bertz CT molecular complexity index is 511. The Morgan fingerprint density at radius 1 is 1.43 bits per heavy atom. The molecule has 0 aliphatic rings. The molecule has 0 bridgehead atoms. The Balaban J connectivity index is 2.69. The lowest BCUT2D eigenvalue weighted by Gasteiger charge is -2.22. The van der Waals surface area contributed by atoms with Gasteiger partial charge in [-0.2, -0.15) is 0 Å². The fourth-order valence-corrected chi connectivity index (χ4v) is 1.73. The van der Waals surface area contributed by atoms with Crippen molar-refractivity contribution >= 4 is 11.8 Å². The molecule has 0 spiro atoms. The van der Waals surface area contributed by atoms with Gasteiger partial charge < -0.3 is 4.74 Å². The molecule has 0 aliphatic carbocycles. The van der Waals surface area contributed by atoms with Crippen LogP contribution in [0.25, 0.3) is 0 Å². The Kier molecular flexibility index (Phi) is 5.66. The normalized spacial score (nSPS) is 12.6. The number of nitrogens with one attached hydrogen (secondary N) is 2. The summed E-state index contributed by atoms with van der Waals surface area (Å²) in [5, 5.41) is 10.8. The summed E-state index contributed by atoms with van der Waals surface area (Å²) < 4.78 is 5.11. The summed E-state index contributed by atoms with van der Waals surface area (Å²) in [5.41, 5.74) is 5.44. The molecule has 0 radical (unpaired) electrons. The fraction of sp³-hybridized carbons (Fsp3) is 0.500. The van der Waals surface area contributed by atoms with E-state index in [1.807, 2.05) is 6.92 Å². The molecule has 21 heavy (non-hydrogen) atoms. The van der Waals surface area contributed by atoms with Crippen molar-refractivity contribution in [2.75, 3.05) is 0 Å². The molecule has 1 unspecified atom stereocenters. The fourth-order valence-electron chi connectivity index (χ4n) is 1.73. The number of hydrazine groups is 1. The first-order chi connectivity index (χ1) is 9.73. The molecule has 7 nitrogen and oxygen atoms in total. The number of rotatable bonds is 5. The summed E-state index contributed by atoms with van der Waals surface area (Å²) in [7, 11) is 0. The second kappa shape index (κ2) is 7.03. The number of nitrogens with zero attached hydrogens (tertiary/aromatic N) is 1. The average Bonchev–Trinajstić information content (AvgIpc) is 2.37. The number of hydrogen-bond donors (Lipinski definition) is 2. The predicted octanol–water partition coefficient (Wildman–Crippen LogP) is 3.08. The molecule has 7 heteroatoms. The maximum atomic E-state index is 11.6. The van der Waals surface area contributed by atoms with Crippen molar-refractivity contribution in [3.05, 3.63) is 39.9 Å². The highest BCUT2D eigenvalue weighted by Gasteiger charge is 2.18. The van der Waals surface area contributed by atoms with Gasteiger partial charge in [0.15, 0.2) is 0 Å². The molecule has 2 N–H and O–H groups in total. The monoisotopic (exact) mass is 295 g/mol. The smallest absolute Gasteiger partial charge is 0.422 e. The van der Waals surface area contributed by atoms with Crippen LogP contribution >= 0.6 is 0 Å². The zero-order valence-electron chi connectivity index (χ0n) is 12.7. The number of nitro groups is 1. The number of carbonyl (C=O) groups is 1. The molecule has 1 aromatic rings. The quantitative estimate of drug-likeness (QED) is 0.643. The van der Waals surface area contributed by atoms with Crippen LogP contribution in [-0.4, -0.2) is 16.6 Å². The van der Waals surface area contributed by atoms with Gasteiger partial charge in [-0.05, 0) is 32.8 Å². The second-order valence-corrected chi connectivity index (χ2v) is 5.58. The van der Waals surface area contributed by atoms with Crippen molar-refractivity contribution in [1.29, 1.82) is 0 Å². The van der Waals surface area contributed by atoms with Crippen LogP contribution in [0.2, 0.25) is 0 Å². The minimum Gasteiger partial charge on any atom is -0.443 e. The number of non-ortho nitro benzene ring substituents is 1. The topological polar surface area (TPSA) is 93.5 Å².